The van der Waals surface area contributed by atoms with E-state index < -0.39 is 22.0 Å². The summed E-state index contributed by atoms with van der Waals surface area (Å²) in [5, 5.41) is 0. The fraction of sp³-hybridized carbons (Fsp3) is 0.833. The summed E-state index contributed by atoms with van der Waals surface area (Å²) in [5.74, 6) is -0.477. The van der Waals surface area contributed by atoms with Crippen LogP contribution in [-0.4, -0.2) is 32.8 Å². The summed E-state index contributed by atoms with van der Waals surface area (Å²) in [7, 11) is -3.21. The summed E-state index contributed by atoms with van der Waals surface area (Å²) in [6.07, 6.45) is 0.307. The Kier molecular flexibility index (Phi) is 2.69. The van der Waals surface area contributed by atoms with Gasteiger partial charge in [-0.1, -0.05) is 0 Å². The van der Waals surface area contributed by atoms with E-state index in [0.717, 1.165) is 0 Å². The molecular weight excluding hydrogens is 182 g/mol. The van der Waals surface area contributed by atoms with Crippen molar-refractivity contribution in [1.82, 2.24) is 4.72 Å². The van der Waals surface area contributed by atoms with Crippen molar-refractivity contribution in [2.45, 2.75) is 19.4 Å². The van der Waals surface area contributed by atoms with Gasteiger partial charge in [0.2, 0.25) is 10.0 Å². The number of nitrogens with one attached hydrogen (secondary N) is 1. The molecule has 1 atom stereocenters. The summed E-state index contributed by atoms with van der Waals surface area (Å²) in [4.78, 5) is 11.0. The van der Waals surface area contributed by atoms with E-state index in [1.165, 1.54) is 0 Å². The molecule has 0 radical (unpaired) electrons. The highest BCUT2D eigenvalue weighted by Gasteiger charge is 2.32. The standard InChI is InChI=1S/C6H11NO4S/c1-2-11-6(8)5-3-4-12(9,10)7-5/h5,7H,2-4H2,1H3/t5-/m1/s1. The van der Waals surface area contributed by atoms with Crippen molar-refractivity contribution >= 4 is 16.0 Å². The van der Waals surface area contributed by atoms with Gasteiger partial charge < -0.3 is 4.74 Å². The number of sulfonamides is 1. The van der Waals surface area contributed by atoms with Crippen LogP contribution < -0.4 is 4.72 Å². The molecule has 1 aliphatic rings. The Morgan fingerprint density at radius 1 is 1.67 bits per heavy atom. The first-order valence-electron chi connectivity index (χ1n) is 3.72. The van der Waals surface area contributed by atoms with Gasteiger partial charge in [-0.25, -0.2) is 13.1 Å². The number of carbonyl (C=O) groups is 1. The second kappa shape index (κ2) is 3.40. The van der Waals surface area contributed by atoms with Gasteiger partial charge in [-0.15, -0.1) is 0 Å². The van der Waals surface area contributed by atoms with Crippen molar-refractivity contribution < 1.29 is 17.9 Å². The van der Waals surface area contributed by atoms with Crippen LogP contribution in [0, 0.1) is 0 Å². The minimum atomic E-state index is -3.21. The van der Waals surface area contributed by atoms with E-state index in [4.69, 9.17) is 0 Å². The molecule has 0 aliphatic carbocycles. The monoisotopic (exact) mass is 193 g/mol. The zero-order valence-electron chi connectivity index (χ0n) is 6.74. The summed E-state index contributed by atoms with van der Waals surface area (Å²) in [5.41, 5.74) is 0. The van der Waals surface area contributed by atoms with Crippen LogP contribution in [0.3, 0.4) is 0 Å². The average Bonchev–Trinajstić information content (AvgIpc) is 2.31. The molecule has 0 aromatic carbocycles. The van der Waals surface area contributed by atoms with Crippen LogP contribution in [0.2, 0.25) is 0 Å². The topological polar surface area (TPSA) is 72.5 Å². The molecule has 1 heterocycles. The SMILES string of the molecule is CCOC(=O)[C@H]1CCS(=O)(=O)N1. The molecule has 0 amide bonds. The quantitative estimate of drug-likeness (QED) is 0.585. The van der Waals surface area contributed by atoms with Crippen molar-refractivity contribution in [2.24, 2.45) is 0 Å². The first-order valence-corrected chi connectivity index (χ1v) is 5.37. The predicted molar refractivity (Wildman–Crippen MR) is 42.0 cm³/mol. The Morgan fingerprint density at radius 2 is 2.33 bits per heavy atom. The van der Waals surface area contributed by atoms with Crippen LogP contribution in [0.1, 0.15) is 13.3 Å². The molecule has 0 bridgehead atoms. The van der Waals surface area contributed by atoms with Gasteiger partial charge in [0.1, 0.15) is 6.04 Å². The maximum absolute atomic E-state index is 11.0. The molecule has 1 rings (SSSR count). The zero-order valence-corrected chi connectivity index (χ0v) is 7.56. The molecule has 6 heteroatoms. The van der Waals surface area contributed by atoms with Gasteiger partial charge in [0.25, 0.3) is 0 Å². The lowest BCUT2D eigenvalue weighted by atomic mass is 10.2. The van der Waals surface area contributed by atoms with Crippen LogP contribution in [0.25, 0.3) is 0 Å². The van der Waals surface area contributed by atoms with E-state index in [0.29, 0.717) is 6.42 Å². The Labute approximate surface area is 71.1 Å². The third-order valence-electron chi connectivity index (χ3n) is 1.57. The highest BCUT2D eigenvalue weighted by Crippen LogP contribution is 2.08. The van der Waals surface area contributed by atoms with E-state index in [2.05, 4.69) is 9.46 Å². The van der Waals surface area contributed by atoms with Gasteiger partial charge in [-0.05, 0) is 13.3 Å². The highest BCUT2D eigenvalue weighted by atomic mass is 32.2. The van der Waals surface area contributed by atoms with Crippen LogP contribution in [0.4, 0.5) is 0 Å². The van der Waals surface area contributed by atoms with Gasteiger partial charge in [-0.2, -0.15) is 0 Å². The lowest BCUT2D eigenvalue weighted by Crippen LogP contribution is -2.34. The molecule has 5 nitrogen and oxygen atoms in total. The molecule has 0 spiro atoms. The predicted octanol–water partition coefficient (Wildman–Crippen LogP) is -0.759. The van der Waals surface area contributed by atoms with Crippen molar-refractivity contribution in [2.75, 3.05) is 12.4 Å². The molecule has 0 aromatic rings. The van der Waals surface area contributed by atoms with Crippen molar-refractivity contribution in [3.05, 3.63) is 0 Å². The number of ether oxygens (including phenoxy) is 1. The molecule has 1 fully saturated rings. The lowest BCUT2D eigenvalue weighted by Gasteiger charge is -2.06. The fourth-order valence-corrected chi connectivity index (χ4v) is 2.33. The normalized spacial score (nSPS) is 26.9. The van der Waals surface area contributed by atoms with E-state index in [-0.39, 0.29) is 12.4 Å². The van der Waals surface area contributed by atoms with Gasteiger partial charge in [0.15, 0.2) is 0 Å². The number of hydrogen-bond acceptors (Lipinski definition) is 4. The van der Waals surface area contributed by atoms with Crippen LogP contribution in [0.15, 0.2) is 0 Å². The average molecular weight is 193 g/mol. The minimum Gasteiger partial charge on any atom is -0.465 e. The van der Waals surface area contributed by atoms with Crippen molar-refractivity contribution in [3.63, 3.8) is 0 Å². The van der Waals surface area contributed by atoms with E-state index in [1.807, 2.05) is 0 Å². The third kappa shape index (κ3) is 2.18. The molecule has 0 saturated carbocycles. The van der Waals surface area contributed by atoms with Gasteiger partial charge in [0.05, 0.1) is 12.4 Å². The van der Waals surface area contributed by atoms with E-state index in [1.54, 1.807) is 6.92 Å². The third-order valence-corrected chi connectivity index (χ3v) is 2.98. The first kappa shape index (κ1) is 9.47. The fourth-order valence-electron chi connectivity index (χ4n) is 1.02. The van der Waals surface area contributed by atoms with Gasteiger partial charge in [0, 0.05) is 0 Å². The summed E-state index contributed by atoms with van der Waals surface area (Å²) in [6.45, 7) is 1.96. The van der Waals surface area contributed by atoms with Crippen LogP contribution in [0.5, 0.6) is 0 Å². The van der Waals surface area contributed by atoms with Gasteiger partial charge >= 0.3 is 5.97 Å². The molecule has 1 aliphatic heterocycles. The number of hydrogen-bond donors (Lipinski definition) is 1. The maximum atomic E-state index is 11.0. The first-order chi connectivity index (χ1) is 5.55. The molecule has 70 valence electrons. The van der Waals surface area contributed by atoms with Crippen LogP contribution in [-0.2, 0) is 19.6 Å². The second-order valence-electron chi connectivity index (χ2n) is 2.53. The van der Waals surface area contributed by atoms with E-state index in [9.17, 15) is 13.2 Å². The molecule has 12 heavy (non-hydrogen) atoms. The Morgan fingerprint density at radius 3 is 2.75 bits per heavy atom. The Bertz CT molecular complexity index is 271. The summed E-state index contributed by atoms with van der Waals surface area (Å²) >= 11 is 0. The van der Waals surface area contributed by atoms with Crippen molar-refractivity contribution in [3.8, 4) is 0 Å². The summed E-state index contributed by atoms with van der Waals surface area (Å²) < 4.78 is 28.5. The molecular formula is C6H11NO4S. The Hall–Kier alpha value is -0.620. The second-order valence-corrected chi connectivity index (χ2v) is 4.40. The zero-order chi connectivity index (χ0) is 9.19. The smallest absolute Gasteiger partial charge is 0.324 e. The minimum absolute atomic E-state index is 0.0104. The van der Waals surface area contributed by atoms with Crippen molar-refractivity contribution in [1.29, 1.82) is 0 Å². The maximum Gasteiger partial charge on any atom is 0.324 e. The van der Waals surface area contributed by atoms with E-state index >= 15 is 0 Å². The number of carbonyl (C=O) groups excluding carboxylic acids is 1. The molecule has 1 saturated heterocycles. The molecule has 1 N–H and O–H groups in total. The van der Waals surface area contributed by atoms with Crippen LogP contribution >= 0.6 is 0 Å². The Balaban J connectivity index is 2.53. The molecule has 0 unspecified atom stereocenters. The number of rotatable bonds is 2. The van der Waals surface area contributed by atoms with Gasteiger partial charge in [-0.3, -0.25) is 4.79 Å². The highest BCUT2D eigenvalue weighted by molar-refractivity contribution is 7.89. The largest absolute Gasteiger partial charge is 0.465 e. The summed E-state index contributed by atoms with van der Waals surface area (Å²) in [6, 6.07) is -0.671. The number of esters is 1. The molecule has 0 aromatic heterocycles. The lowest BCUT2D eigenvalue weighted by molar-refractivity contribution is -0.144.